The summed E-state index contributed by atoms with van der Waals surface area (Å²) in [6.07, 6.45) is 5.55. The normalized spacial score (nSPS) is 17.0. The van der Waals surface area contributed by atoms with E-state index in [9.17, 15) is 19.2 Å². The molecule has 1 unspecified atom stereocenters. The molecular formula is C53H64N10O6. The van der Waals surface area contributed by atoms with Crippen LogP contribution in [0.1, 0.15) is 96.5 Å². The van der Waals surface area contributed by atoms with E-state index in [0.29, 0.717) is 24.7 Å². The molecule has 3 aromatic heterocycles. The molecule has 0 bridgehead atoms. The Hall–Kier alpha value is -7.20. The number of H-pyrrole nitrogens is 2. The van der Waals surface area contributed by atoms with Gasteiger partial charge in [-0.3, -0.25) is 9.59 Å². The Morgan fingerprint density at radius 3 is 1.38 bits per heavy atom. The third-order valence-electron chi connectivity index (χ3n) is 13.4. The number of methoxy groups -OCH3 is 2. The predicted molar refractivity (Wildman–Crippen MR) is 265 cm³/mol. The molecule has 4 amide bonds. The van der Waals surface area contributed by atoms with Gasteiger partial charge in [-0.1, -0.05) is 88.4 Å². The fourth-order valence-corrected chi connectivity index (χ4v) is 9.54. The first-order valence-electron chi connectivity index (χ1n) is 23.8. The molecule has 6 aromatic rings. The standard InChI is InChI=1S/C53H64N10O6/c1-31(2)45(59-51(66)68-7)49(64)61-27-9-11-43(61)47-55-29-39(57-47)33-13-17-35(18-14-33)41-25-26-42(63(41)38-23-21-37(22-24-38)53(5,6)54)36-19-15-34(16-20-36)40-30-56-48(58-40)44-12-10-28-62(44)50(65)46(32(3)4)60-52(67)69-8/h13-26,29-32,43-46H,9-12,27-28,54H2,1-8H3,(H,55,57)(H,56,58)(H,59,66)(H,60,67)/t43-,44-,45-,46?/m0/s1. The summed E-state index contributed by atoms with van der Waals surface area (Å²) in [4.78, 5) is 71.8. The quantitative estimate of drug-likeness (QED) is 0.0706. The van der Waals surface area contributed by atoms with Crippen LogP contribution in [-0.4, -0.2) is 97.7 Å². The fourth-order valence-electron chi connectivity index (χ4n) is 9.54. The molecular weight excluding hydrogens is 873 g/mol. The molecule has 2 aliphatic rings. The summed E-state index contributed by atoms with van der Waals surface area (Å²) < 4.78 is 11.9. The van der Waals surface area contributed by atoms with Crippen LogP contribution in [0.2, 0.25) is 0 Å². The van der Waals surface area contributed by atoms with E-state index < -0.39 is 29.8 Å². The number of carbonyl (C=O) groups is 4. The maximum Gasteiger partial charge on any atom is 0.407 e. The molecule has 16 nitrogen and oxygen atoms in total. The van der Waals surface area contributed by atoms with Gasteiger partial charge in [0.25, 0.3) is 0 Å². The molecule has 0 aliphatic carbocycles. The van der Waals surface area contributed by atoms with Crippen LogP contribution in [0.15, 0.2) is 97.3 Å². The van der Waals surface area contributed by atoms with Gasteiger partial charge >= 0.3 is 12.2 Å². The molecule has 16 heteroatoms. The highest BCUT2D eigenvalue weighted by molar-refractivity contribution is 5.87. The Bertz CT molecular complexity index is 2610. The third kappa shape index (κ3) is 10.2. The summed E-state index contributed by atoms with van der Waals surface area (Å²) in [6.45, 7) is 12.8. The average molecular weight is 937 g/mol. The number of nitrogens with two attached hydrogens (primary N) is 1. The Kier molecular flexibility index (Phi) is 14.1. The van der Waals surface area contributed by atoms with E-state index in [1.807, 2.05) is 63.7 Å². The van der Waals surface area contributed by atoms with E-state index >= 15 is 0 Å². The topological polar surface area (TPSA) is 206 Å². The minimum atomic E-state index is -0.710. The summed E-state index contributed by atoms with van der Waals surface area (Å²) in [6, 6.07) is 27.5. The minimum Gasteiger partial charge on any atom is -0.453 e. The van der Waals surface area contributed by atoms with Gasteiger partial charge in [-0.05, 0) is 103 Å². The van der Waals surface area contributed by atoms with E-state index in [-0.39, 0.29) is 35.7 Å². The molecule has 5 heterocycles. The van der Waals surface area contributed by atoms with Crippen molar-refractivity contribution in [3.63, 3.8) is 0 Å². The zero-order chi connectivity index (χ0) is 49.1. The number of aromatic nitrogens is 5. The molecule has 362 valence electrons. The van der Waals surface area contributed by atoms with Gasteiger partial charge in [-0.2, -0.15) is 0 Å². The molecule has 69 heavy (non-hydrogen) atoms. The monoisotopic (exact) mass is 937 g/mol. The number of ether oxygens (including phenoxy) is 2. The largest absolute Gasteiger partial charge is 0.453 e. The van der Waals surface area contributed by atoms with Gasteiger partial charge in [0.05, 0.1) is 61.5 Å². The van der Waals surface area contributed by atoms with Gasteiger partial charge < -0.3 is 50.2 Å². The molecule has 2 aliphatic heterocycles. The number of aromatic amines is 2. The molecule has 0 spiro atoms. The van der Waals surface area contributed by atoms with Crippen LogP contribution in [0.3, 0.4) is 0 Å². The lowest BCUT2D eigenvalue weighted by atomic mass is 9.95. The third-order valence-corrected chi connectivity index (χ3v) is 13.4. The number of nitrogens with one attached hydrogen (secondary N) is 4. The van der Waals surface area contributed by atoms with Gasteiger partial charge in [0, 0.05) is 24.3 Å². The molecule has 4 atom stereocenters. The highest BCUT2D eigenvalue weighted by Crippen LogP contribution is 2.38. The summed E-state index contributed by atoms with van der Waals surface area (Å²) in [7, 11) is 2.58. The van der Waals surface area contributed by atoms with Crippen molar-refractivity contribution in [1.29, 1.82) is 0 Å². The van der Waals surface area contributed by atoms with Crippen molar-refractivity contribution in [2.75, 3.05) is 27.3 Å². The predicted octanol–water partition coefficient (Wildman–Crippen LogP) is 8.87. The van der Waals surface area contributed by atoms with E-state index in [1.54, 1.807) is 0 Å². The SMILES string of the molecule is COC(=O)NC(C(=O)N1CCC[C@H]1c1ncc(-c2ccc(-c3ccc(-c4ccc(-c5cnc([C@@H]6CCCN6C(=O)[C@@H](NC(=O)OC)C(C)C)[nH]5)cc4)n3-c3ccc(C(C)(C)N)cc3)cc2)[nH]1)C(C)C. The van der Waals surface area contributed by atoms with Gasteiger partial charge in [0.15, 0.2) is 0 Å². The summed E-state index contributed by atoms with van der Waals surface area (Å²) in [5.41, 5.74) is 15.6. The van der Waals surface area contributed by atoms with E-state index in [4.69, 9.17) is 25.2 Å². The number of rotatable bonds is 14. The average Bonchev–Trinajstić information content (AvgIpc) is 4.21. The van der Waals surface area contributed by atoms with Gasteiger partial charge in [-0.25, -0.2) is 19.6 Å². The smallest absolute Gasteiger partial charge is 0.407 e. The van der Waals surface area contributed by atoms with Crippen LogP contribution in [0.4, 0.5) is 9.59 Å². The first-order valence-corrected chi connectivity index (χ1v) is 23.8. The van der Waals surface area contributed by atoms with Crippen molar-refractivity contribution >= 4 is 24.0 Å². The van der Waals surface area contributed by atoms with Crippen molar-refractivity contribution < 1.29 is 28.7 Å². The number of alkyl carbamates (subject to hydrolysis) is 2. The second kappa shape index (κ2) is 20.2. The summed E-state index contributed by atoms with van der Waals surface area (Å²) in [5.74, 6) is 0.867. The second-order valence-corrected chi connectivity index (χ2v) is 19.3. The van der Waals surface area contributed by atoms with Crippen molar-refractivity contribution in [3.8, 4) is 50.7 Å². The van der Waals surface area contributed by atoms with Gasteiger partial charge in [0.2, 0.25) is 11.8 Å². The van der Waals surface area contributed by atoms with Crippen molar-refractivity contribution in [3.05, 3.63) is 115 Å². The number of likely N-dealkylation sites (tertiary alicyclic amines) is 2. The number of benzene rings is 3. The van der Waals surface area contributed by atoms with E-state index in [2.05, 4.69) is 110 Å². The maximum atomic E-state index is 13.7. The number of hydrogen-bond donors (Lipinski definition) is 5. The number of carbonyl (C=O) groups excluding carboxylic acids is 4. The van der Waals surface area contributed by atoms with Crippen LogP contribution in [-0.2, 0) is 24.6 Å². The highest BCUT2D eigenvalue weighted by Gasteiger charge is 2.39. The lowest BCUT2D eigenvalue weighted by molar-refractivity contribution is -0.136. The highest BCUT2D eigenvalue weighted by atomic mass is 16.5. The molecule has 0 saturated carbocycles. The number of amides is 4. The lowest BCUT2D eigenvalue weighted by Crippen LogP contribution is -2.51. The fraction of sp³-hybridized carbons (Fsp3) is 0.396. The molecule has 2 fully saturated rings. The van der Waals surface area contributed by atoms with Crippen LogP contribution < -0.4 is 16.4 Å². The lowest BCUT2D eigenvalue weighted by Gasteiger charge is -2.30. The van der Waals surface area contributed by atoms with Gasteiger partial charge in [0.1, 0.15) is 23.7 Å². The number of hydrogen-bond acceptors (Lipinski definition) is 9. The molecule has 3 aromatic carbocycles. The molecule has 6 N–H and O–H groups in total. The zero-order valence-electron chi connectivity index (χ0n) is 40.7. The minimum absolute atomic E-state index is 0.125. The zero-order valence-corrected chi connectivity index (χ0v) is 40.7. The molecule has 8 rings (SSSR count). The van der Waals surface area contributed by atoms with Crippen molar-refractivity contribution in [1.82, 2.24) is 44.9 Å². The van der Waals surface area contributed by atoms with Gasteiger partial charge in [-0.15, -0.1) is 0 Å². The van der Waals surface area contributed by atoms with Crippen LogP contribution in [0, 0.1) is 11.8 Å². The Morgan fingerprint density at radius 2 is 1.01 bits per heavy atom. The second-order valence-electron chi connectivity index (χ2n) is 19.3. The van der Waals surface area contributed by atoms with Crippen molar-refractivity contribution in [2.24, 2.45) is 17.6 Å². The van der Waals surface area contributed by atoms with E-state index in [0.717, 1.165) is 82.0 Å². The maximum absolute atomic E-state index is 13.7. The summed E-state index contributed by atoms with van der Waals surface area (Å²) in [5, 5.41) is 5.43. The van der Waals surface area contributed by atoms with Crippen LogP contribution >= 0.6 is 0 Å². The first-order chi connectivity index (χ1) is 33.1. The van der Waals surface area contributed by atoms with Crippen LogP contribution in [0.25, 0.3) is 50.7 Å². The number of nitrogens with zero attached hydrogens (tertiary/aromatic N) is 5. The van der Waals surface area contributed by atoms with Crippen molar-refractivity contribution in [2.45, 2.75) is 96.9 Å². The van der Waals surface area contributed by atoms with Crippen LogP contribution in [0.5, 0.6) is 0 Å². The first kappa shape index (κ1) is 48.3. The number of imidazole rings is 2. The Morgan fingerprint density at radius 1 is 0.623 bits per heavy atom. The molecule has 2 saturated heterocycles. The molecule has 0 radical (unpaired) electrons. The Labute approximate surface area is 403 Å². The Balaban J connectivity index is 1.04. The van der Waals surface area contributed by atoms with E-state index in [1.165, 1.54) is 14.2 Å². The summed E-state index contributed by atoms with van der Waals surface area (Å²) >= 11 is 0.